The molecule has 0 radical (unpaired) electrons. The number of rotatable bonds is 2. The van der Waals surface area contributed by atoms with Gasteiger partial charge in [-0.3, -0.25) is 0 Å². The summed E-state index contributed by atoms with van der Waals surface area (Å²) in [7, 11) is -2.83. The van der Waals surface area contributed by atoms with Crippen molar-refractivity contribution in [2.75, 3.05) is 0 Å². The van der Waals surface area contributed by atoms with E-state index in [1.54, 1.807) is 0 Å². The molecule has 0 aromatic carbocycles. The largest absolute Gasteiger partial charge is 0.228 e. The first kappa shape index (κ1) is 11.0. The van der Waals surface area contributed by atoms with Crippen molar-refractivity contribution in [2.24, 2.45) is 11.8 Å². The van der Waals surface area contributed by atoms with Crippen molar-refractivity contribution in [3.63, 3.8) is 0 Å². The highest BCUT2D eigenvalue weighted by Gasteiger charge is 2.48. The molecular formula is C10H20O2S. The topological polar surface area (TPSA) is 34.1 Å². The molecule has 3 heteroatoms. The molecule has 2 nitrogen and oxygen atoms in total. The van der Waals surface area contributed by atoms with Crippen LogP contribution in [0.3, 0.4) is 0 Å². The fraction of sp³-hybridized carbons (Fsp3) is 1.00. The van der Waals surface area contributed by atoms with Gasteiger partial charge in [0.15, 0.2) is 9.84 Å². The first-order valence-electron chi connectivity index (χ1n) is 5.19. The second-order valence-corrected chi connectivity index (χ2v) is 6.81. The molecule has 0 aromatic heterocycles. The van der Waals surface area contributed by atoms with Gasteiger partial charge in [-0.25, -0.2) is 8.42 Å². The average Bonchev–Trinajstić information content (AvgIpc) is 2.26. The maximum Gasteiger partial charge on any atom is 0.156 e. The van der Waals surface area contributed by atoms with Gasteiger partial charge in [-0.2, -0.15) is 0 Å². The van der Waals surface area contributed by atoms with Crippen LogP contribution in [0.5, 0.6) is 0 Å². The molecular weight excluding hydrogens is 184 g/mol. The van der Waals surface area contributed by atoms with E-state index in [9.17, 15) is 8.42 Å². The van der Waals surface area contributed by atoms with Crippen LogP contribution in [0.15, 0.2) is 0 Å². The summed E-state index contributed by atoms with van der Waals surface area (Å²) in [5.74, 6) is 0.759. The summed E-state index contributed by atoms with van der Waals surface area (Å²) in [6.45, 7) is 7.93. The van der Waals surface area contributed by atoms with Gasteiger partial charge in [-0.1, -0.05) is 26.7 Å². The summed E-state index contributed by atoms with van der Waals surface area (Å²) in [5.41, 5.74) is 0. The van der Waals surface area contributed by atoms with Crippen molar-refractivity contribution in [3.05, 3.63) is 0 Å². The number of sulfone groups is 1. The molecule has 0 amide bonds. The molecule has 1 fully saturated rings. The Bertz CT molecular complexity index is 247. The molecule has 1 saturated heterocycles. The molecule has 0 aliphatic carbocycles. The third-order valence-electron chi connectivity index (χ3n) is 3.74. The minimum absolute atomic E-state index is 0.127. The van der Waals surface area contributed by atoms with Crippen LogP contribution < -0.4 is 0 Å². The molecule has 0 bridgehead atoms. The second-order valence-electron chi connectivity index (χ2n) is 4.14. The molecule has 0 N–H and O–H groups in total. The lowest BCUT2D eigenvalue weighted by Crippen LogP contribution is -2.20. The van der Waals surface area contributed by atoms with Gasteiger partial charge in [0.1, 0.15) is 0 Å². The predicted octanol–water partition coefficient (Wildman–Crippen LogP) is 2.24. The Kier molecular flexibility index (Phi) is 3.05. The van der Waals surface area contributed by atoms with Gasteiger partial charge in [-0.05, 0) is 25.7 Å². The van der Waals surface area contributed by atoms with E-state index in [0.29, 0.717) is 11.8 Å². The van der Waals surface area contributed by atoms with Gasteiger partial charge >= 0.3 is 0 Å². The molecule has 0 spiro atoms. The molecule has 0 saturated carbocycles. The summed E-state index contributed by atoms with van der Waals surface area (Å²) < 4.78 is 23.7. The van der Waals surface area contributed by atoms with E-state index in [1.165, 1.54) is 0 Å². The Morgan fingerprint density at radius 1 is 0.923 bits per heavy atom. The maximum atomic E-state index is 11.8. The lowest BCUT2D eigenvalue weighted by atomic mass is 9.84. The SMILES string of the molecule is CCC1C(CC)C(C)S(=O)(=O)C1C. The Morgan fingerprint density at radius 2 is 1.23 bits per heavy atom. The molecule has 1 aliphatic rings. The molecule has 4 unspecified atom stereocenters. The quantitative estimate of drug-likeness (QED) is 0.691. The molecule has 0 aromatic rings. The molecule has 1 rings (SSSR count). The van der Waals surface area contributed by atoms with Crippen molar-refractivity contribution >= 4 is 9.84 Å². The number of hydrogen-bond donors (Lipinski definition) is 0. The third-order valence-corrected chi connectivity index (χ3v) is 6.51. The zero-order valence-corrected chi connectivity index (χ0v) is 9.76. The van der Waals surface area contributed by atoms with Crippen molar-refractivity contribution in [1.82, 2.24) is 0 Å². The first-order chi connectivity index (χ1) is 5.96. The second kappa shape index (κ2) is 3.60. The van der Waals surface area contributed by atoms with Crippen LogP contribution in [0, 0.1) is 11.8 Å². The summed E-state index contributed by atoms with van der Waals surface area (Å²) in [6.07, 6.45) is 1.98. The normalized spacial score (nSPS) is 43.7. The van der Waals surface area contributed by atoms with Crippen LogP contribution in [0.4, 0.5) is 0 Å². The van der Waals surface area contributed by atoms with Crippen LogP contribution in [0.1, 0.15) is 40.5 Å². The minimum Gasteiger partial charge on any atom is -0.228 e. The van der Waals surface area contributed by atoms with E-state index in [4.69, 9.17) is 0 Å². The predicted molar refractivity (Wildman–Crippen MR) is 55.4 cm³/mol. The van der Waals surface area contributed by atoms with Gasteiger partial charge in [0.2, 0.25) is 0 Å². The van der Waals surface area contributed by atoms with Gasteiger partial charge in [0, 0.05) is 0 Å². The fourth-order valence-corrected chi connectivity index (χ4v) is 5.23. The zero-order chi connectivity index (χ0) is 10.2. The molecule has 1 heterocycles. The van der Waals surface area contributed by atoms with Crippen LogP contribution in [0.25, 0.3) is 0 Å². The molecule has 78 valence electrons. The number of hydrogen-bond acceptors (Lipinski definition) is 2. The van der Waals surface area contributed by atoms with E-state index in [-0.39, 0.29) is 10.5 Å². The van der Waals surface area contributed by atoms with E-state index < -0.39 is 9.84 Å². The van der Waals surface area contributed by atoms with E-state index >= 15 is 0 Å². The van der Waals surface area contributed by atoms with Crippen molar-refractivity contribution < 1.29 is 8.42 Å². The Balaban J connectivity index is 3.03. The monoisotopic (exact) mass is 204 g/mol. The first-order valence-corrected chi connectivity index (χ1v) is 6.80. The van der Waals surface area contributed by atoms with Gasteiger partial charge in [0.05, 0.1) is 10.5 Å². The highest BCUT2D eigenvalue weighted by Crippen LogP contribution is 2.41. The van der Waals surface area contributed by atoms with Gasteiger partial charge in [0.25, 0.3) is 0 Å². The van der Waals surface area contributed by atoms with Crippen molar-refractivity contribution in [2.45, 2.75) is 51.0 Å². The van der Waals surface area contributed by atoms with E-state index in [2.05, 4.69) is 13.8 Å². The third kappa shape index (κ3) is 1.51. The average molecular weight is 204 g/mol. The minimum atomic E-state index is -2.83. The highest BCUT2D eigenvalue weighted by molar-refractivity contribution is 7.92. The standard InChI is InChI=1S/C10H20O2S/c1-5-9-7(3)13(11,12)8(4)10(9)6-2/h7-10H,5-6H2,1-4H3. The van der Waals surface area contributed by atoms with Crippen LogP contribution in [0.2, 0.25) is 0 Å². The summed E-state index contributed by atoms with van der Waals surface area (Å²) in [5, 5.41) is -0.255. The Morgan fingerprint density at radius 3 is 1.46 bits per heavy atom. The molecule has 1 aliphatic heterocycles. The lowest BCUT2D eigenvalue weighted by molar-refractivity contribution is 0.333. The maximum absolute atomic E-state index is 11.8. The lowest BCUT2D eigenvalue weighted by Gasteiger charge is -2.18. The smallest absolute Gasteiger partial charge is 0.156 e. The van der Waals surface area contributed by atoms with E-state index in [1.807, 2.05) is 13.8 Å². The van der Waals surface area contributed by atoms with Gasteiger partial charge in [-0.15, -0.1) is 0 Å². The zero-order valence-electron chi connectivity index (χ0n) is 8.95. The summed E-state index contributed by atoms with van der Waals surface area (Å²) in [6, 6.07) is 0. The Labute approximate surface area is 81.6 Å². The Hall–Kier alpha value is -0.0500. The van der Waals surface area contributed by atoms with Gasteiger partial charge < -0.3 is 0 Å². The molecule has 13 heavy (non-hydrogen) atoms. The fourth-order valence-electron chi connectivity index (χ4n) is 2.79. The van der Waals surface area contributed by atoms with Crippen LogP contribution in [-0.2, 0) is 9.84 Å². The van der Waals surface area contributed by atoms with Crippen molar-refractivity contribution in [1.29, 1.82) is 0 Å². The van der Waals surface area contributed by atoms with E-state index in [0.717, 1.165) is 12.8 Å². The summed E-state index contributed by atoms with van der Waals surface area (Å²) >= 11 is 0. The van der Waals surface area contributed by atoms with Crippen molar-refractivity contribution in [3.8, 4) is 0 Å². The highest BCUT2D eigenvalue weighted by atomic mass is 32.2. The summed E-state index contributed by atoms with van der Waals surface area (Å²) in [4.78, 5) is 0. The van der Waals surface area contributed by atoms with Crippen LogP contribution >= 0.6 is 0 Å². The van der Waals surface area contributed by atoms with Crippen LogP contribution in [-0.4, -0.2) is 18.9 Å². The molecule has 4 atom stereocenters.